The molecule has 8 heteroatoms. The fourth-order valence-electron chi connectivity index (χ4n) is 3.30. The van der Waals surface area contributed by atoms with Crippen LogP contribution >= 0.6 is 0 Å². The molecule has 0 aromatic carbocycles. The van der Waals surface area contributed by atoms with E-state index in [1.54, 1.807) is 0 Å². The van der Waals surface area contributed by atoms with Gasteiger partial charge in [-0.1, -0.05) is 0 Å². The summed E-state index contributed by atoms with van der Waals surface area (Å²) in [6.07, 6.45) is 3.71. The predicted molar refractivity (Wildman–Crippen MR) is 103 cm³/mol. The number of nitrogens with zero attached hydrogens (tertiary/aromatic N) is 8. The van der Waals surface area contributed by atoms with Crippen LogP contribution in [0.4, 0.5) is 17.6 Å². The largest absolute Gasteiger partial charge is 0.363 e. The number of aromatic nitrogens is 5. The maximum Gasteiger partial charge on any atom is 0.227 e. The van der Waals surface area contributed by atoms with Crippen molar-refractivity contribution in [3.63, 3.8) is 0 Å². The molecule has 0 saturated carbocycles. The van der Waals surface area contributed by atoms with Gasteiger partial charge in [-0.2, -0.15) is 10.1 Å². The van der Waals surface area contributed by atoms with Gasteiger partial charge in [-0.25, -0.2) is 14.5 Å². The molecule has 1 aliphatic rings. The highest BCUT2D eigenvalue weighted by Crippen LogP contribution is 2.23. The number of fused-ring (bicyclic) bond motifs is 1. The van der Waals surface area contributed by atoms with Gasteiger partial charge in [0.05, 0.1) is 5.69 Å². The molecule has 1 aliphatic heterocycles. The van der Waals surface area contributed by atoms with E-state index < -0.39 is 0 Å². The molecular formula is C18H24N8. The lowest BCUT2D eigenvalue weighted by Crippen LogP contribution is -2.47. The molecule has 3 aromatic rings. The summed E-state index contributed by atoms with van der Waals surface area (Å²) >= 11 is 0. The summed E-state index contributed by atoms with van der Waals surface area (Å²) in [7, 11) is 4.01. The van der Waals surface area contributed by atoms with Gasteiger partial charge in [0, 0.05) is 64.4 Å². The third kappa shape index (κ3) is 3.02. The number of piperazine rings is 1. The molecule has 3 aromatic heterocycles. The fraction of sp³-hybridized carbons (Fsp3) is 0.444. The van der Waals surface area contributed by atoms with E-state index in [4.69, 9.17) is 4.98 Å². The number of rotatable bonds is 3. The minimum Gasteiger partial charge on any atom is -0.363 e. The zero-order chi connectivity index (χ0) is 18.3. The smallest absolute Gasteiger partial charge is 0.227 e. The van der Waals surface area contributed by atoms with Crippen LogP contribution in [0.5, 0.6) is 0 Å². The summed E-state index contributed by atoms with van der Waals surface area (Å²) in [4.78, 5) is 20.5. The lowest BCUT2D eigenvalue weighted by molar-refractivity contribution is 0.633. The molecule has 26 heavy (non-hydrogen) atoms. The fourth-order valence-corrected chi connectivity index (χ4v) is 3.30. The van der Waals surface area contributed by atoms with Crippen LogP contribution in [0.1, 0.15) is 11.4 Å². The van der Waals surface area contributed by atoms with Crippen LogP contribution in [0.2, 0.25) is 0 Å². The summed E-state index contributed by atoms with van der Waals surface area (Å²) in [6.45, 7) is 7.52. The second-order valence-corrected chi connectivity index (χ2v) is 6.90. The lowest BCUT2D eigenvalue weighted by atomic mass is 10.3. The molecule has 0 bridgehead atoms. The van der Waals surface area contributed by atoms with E-state index in [0.29, 0.717) is 0 Å². The summed E-state index contributed by atoms with van der Waals surface area (Å²) in [6, 6.07) is 4.09. The van der Waals surface area contributed by atoms with E-state index in [1.807, 2.05) is 55.8 Å². The van der Waals surface area contributed by atoms with Crippen LogP contribution in [0, 0.1) is 13.8 Å². The Hall–Kier alpha value is -2.90. The van der Waals surface area contributed by atoms with Crippen LogP contribution in [-0.2, 0) is 0 Å². The first-order chi connectivity index (χ1) is 12.5. The van der Waals surface area contributed by atoms with E-state index in [-0.39, 0.29) is 0 Å². The van der Waals surface area contributed by atoms with Gasteiger partial charge in [0.1, 0.15) is 11.3 Å². The first-order valence-electron chi connectivity index (χ1n) is 8.85. The molecule has 0 unspecified atom stereocenters. The quantitative estimate of drug-likeness (QED) is 0.708. The molecule has 1 saturated heterocycles. The van der Waals surface area contributed by atoms with Crippen LogP contribution in [0.3, 0.4) is 0 Å². The molecule has 136 valence electrons. The molecule has 4 heterocycles. The Bertz CT molecular complexity index is 924. The molecule has 0 N–H and O–H groups in total. The molecular weight excluding hydrogens is 328 g/mol. The van der Waals surface area contributed by atoms with Crippen molar-refractivity contribution < 1.29 is 0 Å². The van der Waals surface area contributed by atoms with E-state index in [9.17, 15) is 0 Å². The van der Waals surface area contributed by atoms with E-state index >= 15 is 0 Å². The zero-order valence-corrected chi connectivity index (χ0v) is 15.7. The molecule has 0 amide bonds. The van der Waals surface area contributed by atoms with Crippen molar-refractivity contribution in [2.24, 2.45) is 0 Å². The Labute approximate surface area is 153 Å². The van der Waals surface area contributed by atoms with Crippen LogP contribution in [0.15, 0.2) is 24.5 Å². The van der Waals surface area contributed by atoms with E-state index in [1.165, 1.54) is 0 Å². The van der Waals surface area contributed by atoms with Crippen LogP contribution < -0.4 is 14.7 Å². The number of aryl methyl sites for hydroxylation is 2. The maximum atomic E-state index is 4.70. The van der Waals surface area contributed by atoms with Crippen LogP contribution in [0.25, 0.3) is 5.52 Å². The highest BCUT2D eigenvalue weighted by atomic mass is 15.4. The summed E-state index contributed by atoms with van der Waals surface area (Å²) in [5.74, 6) is 2.74. The molecule has 1 fully saturated rings. The molecule has 0 radical (unpaired) electrons. The van der Waals surface area contributed by atoms with Crippen molar-refractivity contribution in [3.8, 4) is 0 Å². The highest BCUT2D eigenvalue weighted by Gasteiger charge is 2.22. The standard InChI is InChI=1S/C18H24N8/c1-13-12-16(23(3)4)21-18(20-13)25-9-7-24(8-10-25)17-15-11-14(2)22-26(15)6-5-19-17/h5-6,11-12H,7-10H2,1-4H3. The molecule has 0 spiro atoms. The minimum absolute atomic E-state index is 0.805. The number of hydrogen-bond acceptors (Lipinski definition) is 7. The number of hydrogen-bond donors (Lipinski definition) is 0. The van der Waals surface area contributed by atoms with E-state index in [0.717, 1.165) is 60.7 Å². The van der Waals surface area contributed by atoms with Gasteiger partial charge in [0.2, 0.25) is 5.95 Å². The molecule has 0 aliphatic carbocycles. The average molecular weight is 352 g/mol. The Morgan fingerprint density at radius 2 is 1.65 bits per heavy atom. The highest BCUT2D eigenvalue weighted by molar-refractivity contribution is 5.69. The Morgan fingerprint density at radius 3 is 2.38 bits per heavy atom. The molecule has 8 nitrogen and oxygen atoms in total. The van der Waals surface area contributed by atoms with Crippen molar-refractivity contribution in [3.05, 3.63) is 35.9 Å². The second-order valence-electron chi connectivity index (χ2n) is 6.90. The topological polar surface area (TPSA) is 65.7 Å². The van der Waals surface area contributed by atoms with Gasteiger partial charge >= 0.3 is 0 Å². The summed E-state index contributed by atoms with van der Waals surface area (Å²) < 4.78 is 1.90. The average Bonchev–Trinajstić information content (AvgIpc) is 3.01. The van der Waals surface area contributed by atoms with Gasteiger partial charge in [0.15, 0.2) is 5.82 Å². The maximum absolute atomic E-state index is 4.70. The second kappa shape index (κ2) is 6.44. The molecule has 0 atom stereocenters. The van der Waals surface area contributed by atoms with Gasteiger partial charge in [-0.3, -0.25) is 0 Å². The minimum atomic E-state index is 0.805. The summed E-state index contributed by atoms with van der Waals surface area (Å²) in [5, 5.41) is 4.48. The van der Waals surface area contributed by atoms with E-state index in [2.05, 4.69) is 30.9 Å². The third-order valence-corrected chi connectivity index (χ3v) is 4.64. The monoisotopic (exact) mass is 352 g/mol. The van der Waals surface area contributed by atoms with Crippen molar-refractivity contribution in [2.45, 2.75) is 13.8 Å². The SMILES string of the molecule is Cc1cc(N(C)C)nc(N2CCN(c3nccn4nc(C)cc34)CC2)n1. The van der Waals surface area contributed by atoms with Crippen LogP contribution in [-0.4, -0.2) is 64.8 Å². The zero-order valence-electron chi connectivity index (χ0n) is 15.7. The normalized spacial score (nSPS) is 14.9. The first-order valence-corrected chi connectivity index (χ1v) is 8.85. The van der Waals surface area contributed by atoms with Gasteiger partial charge < -0.3 is 14.7 Å². The van der Waals surface area contributed by atoms with Gasteiger partial charge in [0.25, 0.3) is 0 Å². The van der Waals surface area contributed by atoms with Gasteiger partial charge in [-0.05, 0) is 19.9 Å². The summed E-state index contributed by atoms with van der Waals surface area (Å²) in [5.41, 5.74) is 3.05. The van der Waals surface area contributed by atoms with Gasteiger partial charge in [-0.15, -0.1) is 0 Å². The Balaban J connectivity index is 1.54. The first kappa shape index (κ1) is 16.6. The Kier molecular flexibility index (Phi) is 4.10. The number of anilines is 3. The molecule has 4 rings (SSSR count). The Morgan fingerprint density at radius 1 is 0.923 bits per heavy atom. The lowest BCUT2D eigenvalue weighted by Gasteiger charge is -2.35. The predicted octanol–water partition coefficient (Wildman–Crippen LogP) is 1.53. The third-order valence-electron chi connectivity index (χ3n) is 4.64. The van der Waals surface area contributed by atoms with Crippen molar-refractivity contribution in [1.29, 1.82) is 0 Å². The van der Waals surface area contributed by atoms with Crippen molar-refractivity contribution >= 4 is 23.1 Å². The van der Waals surface area contributed by atoms with Crippen molar-refractivity contribution in [2.75, 3.05) is 55.0 Å². The van der Waals surface area contributed by atoms with Crippen molar-refractivity contribution in [1.82, 2.24) is 24.6 Å².